The quantitative estimate of drug-likeness (QED) is 0.587. The van der Waals surface area contributed by atoms with Gasteiger partial charge >= 0.3 is 0 Å². The van der Waals surface area contributed by atoms with Crippen LogP contribution in [0.5, 0.6) is 0 Å². The predicted octanol–water partition coefficient (Wildman–Crippen LogP) is 2.02. The van der Waals surface area contributed by atoms with E-state index in [1.165, 1.54) is 11.3 Å². The summed E-state index contributed by atoms with van der Waals surface area (Å²) in [6.45, 7) is 0.854. The number of rotatable bonds is 0. The number of anilines is 1. The number of thiocarbonyl (C=S) groups is 1. The number of fused-ring (bicyclic) bond motifs is 1. The Labute approximate surface area is 71.4 Å². The molecule has 1 heterocycles. The fourth-order valence-electron chi connectivity index (χ4n) is 1.32. The first-order valence-electron chi connectivity index (χ1n) is 3.70. The molecular weight excluding hydrogens is 154 g/mol. The smallest absolute Gasteiger partial charge is 0.0467 e. The maximum Gasteiger partial charge on any atom is 0.0467 e. The van der Waals surface area contributed by atoms with Crippen molar-refractivity contribution >= 4 is 22.8 Å². The van der Waals surface area contributed by atoms with Gasteiger partial charge in [-0.05, 0) is 11.6 Å². The summed E-state index contributed by atoms with van der Waals surface area (Å²) in [6.07, 6.45) is 0.957. The van der Waals surface area contributed by atoms with Crippen LogP contribution in [0.4, 0.5) is 5.69 Å². The number of para-hydroxylation sites is 1. The molecule has 2 heteroatoms. The molecular formula is C9H9NS. The average molecular weight is 163 g/mol. The third-order valence-corrected chi connectivity index (χ3v) is 2.17. The summed E-state index contributed by atoms with van der Waals surface area (Å²) in [6, 6.07) is 8.31. The zero-order valence-corrected chi connectivity index (χ0v) is 6.95. The lowest BCUT2D eigenvalue weighted by Crippen LogP contribution is -2.20. The molecule has 0 atom stereocenters. The number of benzene rings is 1. The third kappa shape index (κ3) is 1.26. The first kappa shape index (κ1) is 6.80. The Morgan fingerprint density at radius 3 is 3.00 bits per heavy atom. The van der Waals surface area contributed by atoms with Gasteiger partial charge in [-0.25, -0.2) is 0 Å². The normalized spacial score (nSPS) is 15.5. The van der Waals surface area contributed by atoms with Crippen LogP contribution in [0, 0.1) is 0 Å². The van der Waals surface area contributed by atoms with Gasteiger partial charge < -0.3 is 5.32 Å². The lowest BCUT2D eigenvalue weighted by Gasteiger charge is -2.17. The van der Waals surface area contributed by atoms with Gasteiger partial charge in [-0.3, -0.25) is 0 Å². The Hall–Kier alpha value is -0.890. The van der Waals surface area contributed by atoms with Crippen molar-refractivity contribution in [2.75, 3.05) is 11.9 Å². The van der Waals surface area contributed by atoms with Crippen molar-refractivity contribution in [3.8, 4) is 0 Å². The molecule has 1 N–H and O–H groups in total. The van der Waals surface area contributed by atoms with E-state index in [0.717, 1.165) is 17.8 Å². The molecule has 0 fully saturated rings. The van der Waals surface area contributed by atoms with E-state index in [0.29, 0.717) is 0 Å². The molecule has 0 bridgehead atoms. The minimum absolute atomic E-state index is 0.854. The predicted molar refractivity (Wildman–Crippen MR) is 51.2 cm³/mol. The molecule has 1 aliphatic heterocycles. The monoisotopic (exact) mass is 163 g/mol. The van der Waals surface area contributed by atoms with Crippen LogP contribution >= 0.6 is 12.2 Å². The SMILES string of the molecule is S=C1CNc2ccccc2C1. The van der Waals surface area contributed by atoms with Crippen molar-refractivity contribution in [3.63, 3.8) is 0 Å². The molecule has 1 nitrogen and oxygen atoms in total. The minimum atomic E-state index is 0.854. The van der Waals surface area contributed by atoms with Gasteiger partial charge in [0.1, 0.15) is 0 Å². The van der Waals surface area contributed by atoms with Gasteiger partial charge in [-0.15, -0.1) is 0 Å². The van der Waals surface area contributed by atoms with Crippen LogP contribution in [0.1, 0.15) is 5.56 Å². The number of hydrogen-bond acceptors (Lipinski definition) is 2. The first-order valence-corrected chi connectivity index (χ1v) is 4.10. The van der Waals surface area contributed by atoms with E-state index >= 15 is 0 Å². The fourth-order valence-corrected chi connectivity index (χ4v) is 1.54. The average Bonchev–Trinajstić information content (AvgIpc) is 2.04. The molecule has 0 aliphatic carbocycles. The molecule has 0 unspecified atom stereocenters. The van der Waals surface area contributed by atoms with Crippen molar-refractivity contribution in [1.29, 1.82) is 0 Å². The zero-order chi connectivity index (χ0) is 7.68. The second-order valence-corrected chi connectivity index (χ2v) is 3.30. The first-order chi connectivity index (χ1) is 5.36. The highest BCUT2D eigenvalue weighted by Gasteiger charge is 2.09. The Morgan fingerprint density at radius 1 is 1.27 bits per heavy atom. The van der Waals surface area contributed by atoms with Gasteiger partial charge in [0.25, 0.3) is 0 Å². The maximum absolute atomic E-state index is 5.12. The molecule has 1 aromatic carbocycles. The molecule has 0 aromatic heterocycles. The molecule has 0 saturated carbocycles. The molecule has 1 aromatic rings. The standard InChI is InChI=1S/C9H9NS/c11-8-5-7-3-1-2-4-9(7)10-6-8/h1-4,10H,5-6H2. The second-order valence-electron chi connectivity index (χ2n) is 2.73. The van der Waals surface area contributed by atoms with Gasteiger partial charge in [-0.1, -0.05) is 30.4 Å². The molecule has 0 saturated heterocycles. The summed E-state index contributed by atoms with van der Waals surface area (Å²) in [5.41, 5.74) is 2.56. The van der Waals surface area contributed by atoms with Gasteiger partial charge in [-0.2, -0.15) is 0 Å². The Bertz CT molecular complexity index is 293. The van der Waals surface area contributed by atoms with Gasteiger partial charge in [0, 0.05) is 23.5 Å². The minimum Gasteiger partial charge on any atom is -0.380 e. The molecule has 0 spiro atoms. The number of hydrogen-bond donors (Lipinski definition) is 1. The summed E-state index contributed by atoms with van der Waals surface area (Å²) in [4.78, 5) is 1.10. The Balaban J connectivity index is 2.41. The van der Waals surface area contributed by atoms with Crippen molar-refractivity contribution in [2.45, 2.75) is 6.42 Å². The van der Waals surface area contributed by atoms with E-state index in [-0.39, 0.29) is 0 Å². The number of nitrogens with one attached hydrogen (secondary N) is 1. The lowest BCUT2D eigenvalue weighted by molar-refractivity contribution is 1.21. The van der Waals surface area contributed by atoms with Crippen LogP contribution in [0.15, 0.2) is 24.3 Å². The van der Waals surface area contributed by atoms with Crippen LogP contribution in [0.3, 0.4) is 0 Å². The molecule has 0 amide bonds. The zero-order valence-electron chi connectivity index (χ0n) is 6.13. The van der Waals surface area contributed by atoms with Crippen molar-refractivity contribution in [1.82, 2.24) is 0 Å². The van der Waals surface area contributed by atoms with Crippen molar-refractivity contribution < 1.29 is 0 Å². The summed E-state index contributed by atoms with van der Waals surface area (Å²) in [5, 5.41) is 3.27. The maximum atomic E-state index is 5.12. The Kier molecular flexibility index (Phi) is 1.62. The summed E-state index contributed by atoms with van der Waals surface area (Å²) in [7, 11) is 0. The molecule has 2 rings (SSSR count). The van der Waals surface area contributed by atoms with E-state index in [4.69, 9.17) is 12.2 Å². The highest BCUT2D eigenvalue weighted by Crippen LogP contribution is 2.19. The van der Waals surface area contributed by atoms with E-state index in [1.807, 2.05) is 6.07 Å². The van der Waals surface area contributed by atoms with E-state index < -0.39 is 0 Å². The van der Waals surface area contributed by atoms with Crippen LogP contribution in [-0.4, -0.2) is 11.4 Å². The third-order valence-electron chi connectivity index (χ3n) is 1.88. The van der Waals surface area contributed by atoms with Crippen LogP contribution in [0.2, 0.25) is 0 Å². The van der Waals surface area contributed by atoms with E-state index in [1.54, 1.807) is 0 Å². The van der Waals surface area contributed by atoms with Gasteiger partial charge in [0.15, 0.2) is 0 Å². The largest absolute Gasteiger partial charge is 0.380 e. The van der Waals surface area contributed by atoms with Gasteiger partial charge in [0.2, 0.25) is 0 Å². The van der Waals surface area contributed by atoms with Gasteiger partial charge in [0.05, 0.1) is 0 Å². The molecule has 56 valence electrons. The Morgan fingerprint density at radius 2 is 2.09 bits per heavy atom. The fraction of sp³-hybridized carbons (Fsp3) is 0.222. The highest BCUT2D eigenvalue weighted by atomic mass is 32.1. The summed E-state index contributed by atoms with van der Waals surface area (Å²) >= 11 is 5.12. The second kappa shape index (κ2) is 2.62. The van der Waals surface area contributed by atoms with Crippen molar-refractivity contribution in [3.05, 3.63) is 29.8 Å². The van der Waals surface area contributed by atoms with Crippen molar-refractivity contribution in [2.24, 2.45) is 0 Å². The molecule has 11 heavy (non-hydrogen) atoms. The van der Waals surface area contributed by atoms with E-state index in [2.05, 4.69) is 23.5 Å². The summed E-state index contributed by atoms with van der Waals surface area (Å²) in [5.74, 6) is 0. The van der Waals surface area contributed by atoms with Crippen LogP contribution < -0.4 is 5.32 Å². The van der Waals surface area contributed by atoms with Crippen LogP contribution in [-0.2, 0) is 6.42 Å². The van der Waals surface area contributed by atoms with Crippen LogP contribution in [0.25, 0.3) is 0 Å². The molecule has 0 radical (unpaired) electrons. The molecule has 1 aliphatic rings. The summed E-state index contributed by atoms with van der Waals surface area (Å²) < 4.78 is 0. The lowest BCUT2D eigenvalue weighted by atomic mass is 10.0. The van der Waals surface area contributed by atoms with E-state index in [9.17, 15) is 0 Å². The topological polar surface area (TPSA) is 12.0 Å². The highest BCUT2D eigenvalue weighted by molar-refractivity contribution is 7.80.